The number of hydrogen-bond acceptors (Lipinski definition) is 7. The molecular formula is C24H22N4O5S. The minimum Gasteiger partial charge on any atom is -0.507 e. The summed E-state index contributed by atoms with van der Waals surface area (Å²) in [4.78, 5) is 10.7. The number of nitrogen functional groups attached to an aromatic ring is 1. The van der Waals surface area contributed by atoms with Crippen LogP contribution in [0.5, 0.6) is 5.75 Å². The van der Waals surface area contributed by atoms with Crippen LogP contribution in [0.25, 0.3) is 10.8 Å². The lowest BCUT2D eigenvalue weighted by atomic mass is 10.1. The van der Waals surface area contributed by atoms with Crippen molar-refractivity contribution in [1.82, 2.24) is 0 Å². The third-order valence-electron chi connectivity index (χ3n) is 5.19. The Morgan fingerprint density at radius 3 is 2.24 bits per heavy atom. The van der Waals surface area contributed by atoms with Gasteiger partial charge in [-0.1, -0.05) is 42.5 Å². The molecule has 1 atom stereocenters. The maximum atomic E-state index is 13.5. The van der Waals surface area contributed by atoms with E-state index in [0.29, 0.717) is 16.5 Å². The predicted octanol–water partition coefficient (Wildman–Crippen LogP) is 3.83. The zero-order chi connectivity index (χ0) is 24.3. The number of nitrogens with two attached hydrogens (primary N) is 1. The minimum absolute atomic E-state index is 0.0436. The number of anilines is 4. The first-order valence-electron chi connectivity index (χ1n) is 10.2. The van der Waals surface area contributed by atoms with Gasteiger partial charge in [-0.2, -0.15) is 8.42 Å². The van der Waals surface area contributed by atoms with Crippen molar-refractivity contribution in [2.75, 3.05) is 21.7 Å². The second-order valence-electron chi connectivity index (χ2n) is 7.53. The van der Waals surface area contributed by atoms with E-state index in [1.54, 1.807) is 66.7 Å². The number of fused-ring (bicyclic) bond motifs is 1. The second kappa shape index (κ2) is 8.93. The van der Waals surface area contributed by atoms with Crippen LogP contribution in [0.4, 0.5) is 22.7 Å². The van der Waals surface area contributed by atoms with E-state index in [0.717, 1.165) is 0 Å². The van der Waals surface area contributed by atoms with Gasteiger partial charge in [-0.15, -0.1) is 0 Å². The molecule has 1 unspecified atom stereocenters. The van der Waals surface area contributed by atoms with Gasteiger partial charge in [0, 0.05) is 16.8 Å². The van der Waals surface area contributed by atoms with Gasteiger partial charge in [0.25, 0.3) is 5.91 Å². The average molecular weight is 479 g/mol. The number of hydrogen-bond donors (Lipinski definition) is 6. The molecule has 174 valence electrons. The smallest absolute Gasteiger partial charge is 0.319 e. The lowest BCUT2D eigenvalue weighted by Crippen LogP contribution is -2.61. The highest BCUT2D eigenvalue weighted by Crippen LogP contribution is 2.31. The molecule has 4 aromatic carbocycles. The third kappa shape index (κ3) is 4.45. The van der Waals surface area contributed by atoms with Crippen molar-refractivity contribution >= 4 is 49.5 Å². The molecule has 9 nitrogen and oxygen atoms in total. The Balaban J connectivity index is 1.84. The van der Waals surface area contributed by atoms with Gasteiger partial charge < -0.3 is 26.8 Å². The summed E-state index contributed by atoms with van der Waals surface area (Å²) >= 11 is 0. The molecule has 0 heterocycles. The SMILES string of the molecule is Nc1ccccc1NC(Nc1ccc2c(O)cccc2c1)(C(=O)Nc1ccccc1)S(=O)(=O)O. The van der Waals surface area contributed by atoms with E-state index in [1.165, 1.54) is 24.3 Å². The summed E-state index contributed by atoms with van der Waals surface area (Å²) in [7, 11) is -5.16. The molecule has 0 saturated heterocycles. The highest BCUT2D eigenvalue weighted by atomic mass is 32.2. The van der Waals surface area contributed by atoms with Crippen molar-refractivity contribution in [2.24, 2.45) is 0 Å². The zero-order valence-electron chi connectivity index (χ0n) is 17.8. The van der Waals surface area contributed by atoms with E-state index >= 15 is 0 Å². The summed E-state index contributed by atoms with van der Waals surface area (Å²) in [6.45, 7) is 0. The summed E-state index contributed by atoms with van der Waals surface area (Å²) in [5, 5.41) is 18.9. The monoisotopic (exact) mass is 478 g/mol. The molecule has 0 radical (unpaired) electrons. The van der Waals surface area contributed by atoms with Gasteiger partial charge in [-0.3, -0.25) is 9.35 Å². The first-order chi connectivity index (χ1) is 16.2. The molecule has 4 aromatic rings. The van der Waals surface area contributed by atoms with E-state index < -0.39 is 21.0 Å². The maximum Gasteiger partial charge on any atom is 0.319 e. The van der Waals surface area contributed by atoms with Gasteiger partial charge in [-0.05, 0) is 53.9 Å². The normalized spacial score (nSPS) is 13.1. The predicted molar refractivity (Wildman–Crippen MR) is 133 cm³/mol. The standard InChI is InChI=1S/C24H22N4O5S/c25-20-10-4-5-11-21(20)28-24(34(31,32)33,23(30)26-17-8-2-1-3-9-17)27-18-13-14-19-16(15-18)7-6-12-22(19)29/h1-15,27-29H,25H2,(H,26,30)(H,31,32,33). The molecule has 0 saturated carbocycles. The fourth-order valence-electron chi connectivity index (χ4n) is 3.48. The lowest BCUT2D eigenvalue weighted by Gasteiger charge is -2.33. The number of phenolic OH excluding ortho intramolecular Hbond substituents is 1. The van der Waals surface area contributed by atoms with Crippen LogP contribution in [0.3, 0.4) is 0 Å². The van der Waals surface area contributed by atoms with Crippen molar-refractivity contribution in [3.8, 4) is 5.75 Å². The number of para-hydroxylation sites is 3. The first kappa shape index (κ1) is 22.9. The number of carbonyl (C=O) groups excluding carboxylic acids is 1. The third-order valence-corrected chi connectivity index (χ3v) is 6.35. The second-order valence-corrected chi connectivity index (χ2v) is 9.09. The summed E-state index contributed by atoms with van der Waals surface area (Å²) in [5.74, 6) is -1.05. The quantitative estimate of drug-likeness (QED) is 0.133. The molecule has 7 N–H and O–H groups in total. The van der Waals surface area contributed by atoms with E-state index in [2.05, 4.69) is 16.0 Å². The van der Waals surface area contributed by atoms with Crippen LogP contribution < -0.4 is 21.7 Å². The molecule has 0 aromatic heterocycles. The molecule has 0 aliphatic heterocycles. The summed E-state index contributed by atoms with van der Waals surface area (Å²) in [6, 6.07) is 23.9. The Morgan fingerprint density at radius 2 is 1.53 bits per heavy atom. The maximum absolute atomic E-state index is 13.5. The number of phenols is 1. The van der Waals surface area contributed by atoms with Crippen molar-refractivity contribution in [2.45, 2.75) is 4.99 Å². The van der Waals surface area contributed by atoms with Crippen LogP contribution in [0, 0.1) is 0 Å². The van der Waals surface area contributed by atoms with Crippen LogP contribution in [0.1, 0.15) is 0 Å². The molecule has 4 rings (SSSR count). The number of benzene rings is 4. The molecule has 10 heteroatoms. The van der Waals surface area contributed by atoms with Crippen LogP contribution in [0.2, 0.25) is 0 Å². The van der Waals surface area contributed by atoms with Crippen LogP contribution >= 0.6 is 0 Å². The molecule has 0 aliphatic rings. The number of amides is 1. The minimum atomic E-state index is -5.16. The Kier molecular flexibility index (Phi) is 6.01. The lowest BCUT2D eigenvalue weighted by molar-refractivity contribution is -0.117. The highest BCUT2D eigenvalue weighted by molar-refractivity contribution is 7.88. The number of aromatic hydroxyl groups is 1. The molecular weight excluding hydrogens is 456 g/mol. The molecule has 1 amide bonds. The van der Waals surface area contributed by atoms with Gasteiger partial charge in [0.15, 0.2) is 0 Å². The Morgan fingerprint density at radius 1 is 0.824 bits per heavy atom. The number of rotatable bonds is 7. The Bertz CT molecular complexity index is 1460. The average Bonchev–Trinajstić information content (AvgIpc) is 2.80. The summed E-state index contributed by atoms with van der Waals surface area (Å²) in [5.41, 5.74) is 6.74. The van der Waals surface area contributed by atoms with Crippen molar-refractivity contribution in [1.29, 1.82) is 0 Å². The summed E-state index contributed by atoms with van der Waals surface area (Å²) in [6.07, 6.45) is 0. The Labute approximate surface area is 196 Å². The molecule has 34 heavy (non-hydrogen) atoms. The van der Waals surface area contributed by atoms with Crippen molar-refractivity contribution < 1.29 is 22.9 Å². The van der Waals surface area contributed by atoms with Crippen molar-refractivity contribution in [3.63, 3.8) is 0 Å². The highest BCUT2D eigenvalue weighted by Gasteiger charge is 2.51. The van der Waals surface area contributed by atoms with E-state index in [-0.39, 0.29) is 22.8 Å². The van der Waals surface area contributed by atoms with E-state index in [4.69, 9.17) is 5.73 Å². The van der Waals surface area contributed by atoms with Crippen LogP contribution in [0.15, 0.2) is 91.0 Å². The Hall–Kier alpha value is -4.28. The molecule has 0 bridgehead atoms. The number of carbonyl (C=O) groups is 1. The van der Waals surface area contributed by atoms with Crippen LogP contribution in [-0.2, 0) is 14.9 Å². The zero-order valence-corrected chi connectivity index (χ0v) is 18.6. The largest absolute Gasteiger partial charge is 0.507 e. The van der Waals surface area contributed by atoms with Gasteiger partial charge in [0.05, 0.1) is 11.4 Å². The fourth-order valence-corrected chi connectivity index (χ4v) is 4.25. The van der Waals surface area contributed by atoms with Crippen molar-refractivity contribution in [3.05, 3.63) is 91.0 Å². The topological polar surface area (TPSA) is 154 Å². The van der Waals surface area contributed by atoms with Gasteiger partial charge >= 0.3 is 15.1 Å². The summed E-state index contributed by atoms with van der Waals surface area (Å²) < 4.78 is 36.0. The van der Waals surface area contributed by atoms with Crippen LogP contribution in [-0.4, -0.2) is 29.0 Å². The molecule has 0 spiro atoms. The first-order valence-corrected chi connectivity index (χ1v) is 11.6. The van der Waals surface area contributed by atoms with E-state index in [1.807, 2.05) is 0 Å². The molecule has 0 fully saturated rings. The van der Waals surface area contributed by atoms with E-state index in [9.17, 15) is 22.9 Å². The van der Waals surface area contributed by atoms with Gasteiger partial charge in [0.1, 0.15) is 5.75 Å². The fraction of sp³-hybridized carbons (Fsp3) is 0.0417. The molecule has 0 aliphatic carbocycles. The number of nitrogens with one attached hydrogen (secondary N) is 3. The van der Waals surface area contributed by atoms with Gasteiger partial charge in [0.2, 0.25) is 0 Å². The van der Waals surface area contributed by atoms with Gasteiger partial charge in [-0.25, -0.2) is 0 Å².